The number of rotatable bonds is 3. The van der Waals surface area contributed by atoms with Crippen molar-refractivity contribution in [3.05, 3.63) is 68.4 Å². The van der Waals surface area contributed by atoms with Gasteiger partial charge in [0.15, 0.2) is 5.82 Å². The molecule has 0 unspecified atom stereocenters. The Hall–Kier alpha value is -2.49. The molecule has 0 saturated carbocycles. The van der Waals surface area contributed by atoms with Crippen LogP contribution in [0.5, 0.6) is 0 Å². The highest BCUT2D eigenvalue weighted by molar-refractivity contribution is 9.10. The standard InChI is InChI=1S/C20H10BrF2N3OS2/c21-10-6-13(28-8-10)18-25-15-14-11(9-4-2-1-3-5-9)7-12(17(22)23)24-20(14)29-16(15)19(27)26-18/h1-8,17H,(H,25,26,27). The number of nitrogens with one attached hydrogen (secondary N) is 1. The topological polar surface area (TPSA) is 58.6 Å². The van der Waals surface area contributed by atoms with Gasteiger partial charge in [-0.1, -0.05) is 30.3 Å². The highest BCUT2D eigenvalue weighted by Crippen LogP contribution is 2.39. The van der Waals surface area contributed by atoms with Gasteiger partial charge in [0.2, 0.25) is 0 Å². The van der Waals surface area contributed by atoms with E-state index in [-0.39, 0.29) is 11.3 Å². The smallest absolute Gasteiger partial charge is 0.280 e. The zero-order valence-corrected chi connectivity index (χ0v) is 17.7. The van der Waals surface area contributed by atoms with Gasteiger partial charge < -0.3 is 4.98 Å². The first-order valence-corrected chi connectivity index (χ1v) is 11.0. The molecule has 0 fully saturated rings. The summed E-state index contributed by atoms with van der Waals surface area (Å²) in [4.78, 5) is 25.5. The molecule has 5 rings (SSSR count). The van der Waals surface area contributed by atoms with Crippen molar-refractivity contribution in [3.8, 4) is 21.8 Å². The maximum atomic E-state index is 13.5. The van der Waals surface area contributed by atoms with Crippen LogP contribution in [0.25, 0.3) is 42.3 Å². The monoisotopic (exact) mass is 489 g/mol. The first-order chi connectivity index (χ1) is 14.0. The summed E-state index contributed by atoms with van der Waals surface area (Å²) in [5.41, 5.74) is 1.20. The fraction of sp³-hybridized carbons (Fsp3) is 0.0500. The average molecular weight is 490 g/mol. The average Bonchev–Trinajstić information content (AvgIpc) is 3.32. The summed E-state index contributed by atoms with van der Waals surface area (Å²) in [6, 6.07) is 12.5. The number of hydrogen-bond donors (Lipinski definition) is 1. The molecule has 0 saturated heterocycles. The molecule has 0 bridgehead atoms. The van der Waals surface area contributed by atoms with Gasteiger partial charge in [-0.15, -0.1) is 22.7 Å². The molecular formula is C20H10BrF2N3OS2. The Morgan fingerprint density at radius 3 is 2.59 bits per heavy atom. The van der Waals surface area contributed by atoms with Crippen LogP contribution in [0.2, 0.25) is 0 Å². The van der Waals surface area contributed by atoms with Crippen LogP contribution in [0.1, 0.15) is 12.1 Å². The molecule has 0 aliphatic heterocycles. The number of thiophene rings is 2. The fourth-order valence-corrected chi connectivity index (χ4v) is 5.59. The highest BCUT2D eigenvalue weighted by Gasteiger charge is 2.21. The normalized spacial score (nSPS) is 11.7. The van der Waals surface area contributed by atoms with Crippen molar-refractivity contribution in [3.63, 3.8) is 0 Å². The maximum absolute atomic E-state index is 13.5. The van der Waals surface area contributed by atoms with Crippen LogP contribution in [0, 0.1) is 0 Å². The molecule has 0 atom stereocenters. The van der Waals surface area contributed by atoms with Crippen LogP contribution in [-0.4, -0.2) is 15.0 Å². The van der Waals surface area contributed by atoms with Gasteiger partial charge in [-0.25, -0.2) is 18.7 Å². The molecule has 9 heteroatoms. The number of aromatic nitrogens is 3. The third-order valence-corrected chi connectivity index (χ3v) is 7.20. The second kappa shape index (κ2) is 7.08. The summed E-state index contributed by atoms with van der Waals surface area (Å²) in [6.45, 7) is 0. The molecule has 4 nitrogen and oxygen atoms in total. The van der Waals surface area contributed by atoms with Gasteiger partial charge in [0.1, 0.15) is 15.2 Å². The van der Waals surface area contributed by atoms with Crippen molar-refractivity contribution in [2.75, 3.05) is 0 Å². The third-order valence-electron chi connectivity index (χ3n) is 4.43. The molecular weight excluding hydrogens is 480 g/mol. The fourth-order valence-electron chi connectivity index (χ4n) is 3.18. The lowest BCUT2D eigenvalue weighted by molar-refractivity contribution is 0.146. The first kappa shape index (κ1) is 18.5. The number of aromatic amines is 1. The number of H-pyrrole nitrogens is 1. The van der Waals surface area contributed by atoms with Crippen LogP contribution in [0.3, 0.4) is 0 Å². The van der Waals surface area contributed by atoms with Crippen LogP contribution in [0.4, 0.5) is 8.78 Å². The van der Waals surface area contributed by atoms with Crippen molar-refractivity contribution in [2.24, 2.45) is 0 Å². The SMILES string of the molecule is O=c1[nH]c(-c2cc(Br)cs2)nc2c1sc1nc(C(F)F)cc(-c3ccccc3)c12. The maximum Gasteiger partial charge on any atom is 0.280 e. The summed E-state index contributed by atoms with van der Waals surface area (Å²) >= 11 is 5.93. The summed E-state index contributed by atoms with van der Waals surface area (Å²) < 4.78 is 28.2. The van der Waals surface area contributed by atoms with Crippen LogP contribution in [0.15, 0.2) is 57.1 Å². The number of hydrogen-bond acceptors (Lipinski definition) is 5. The van der Waals surface area contributed by atoms with E-state index in [1.165, 1.54) is 17.4 Å². The van der Waals surface area contributed by atoms with E-state index in [0.717, 1.165) is 26.3 Å². The molecule has 0 aliphatic carbocycles. The van der Waals surface area contributed by atoms with E-state index in [1.54, 1.807) is 0 Å². The minimum atomic E-state index is -2.71. The van der Waals surface area contributed by atoms with Gasteiger partial charge in [0, 0.05) is 15.2 Å². The van der Waals surface area contributed by atoms with Gasteiger partial charge in [-0.3, -0.25) is 4.79 Å². The van der Waals surface area contributed by atoms with Gasteiger partial charge in [-0.2, -0.15) is 0 Å². The summed E-state index contributed by atoms with van der Waals surface area (Å²) in [6.07, 6.45) is -2.71. The Kier molecular flexibility index (Phi) is 4.53. The van der Waals surface area contributed by atoms with Crippen LogP contribution in [-0.2, 0) is 0 Å². The summed E-state index contributed by atoms with van der Waals surface area (Å²) in [5, 5.41) is 2.51. The number of nitrogens with zero attached hydrogens (tertiary/aromatic N) is 2. The lowest BCUT2D eigenvalue weighted by atomic mass is 10.0. The van der Waals surface area contributed by atoms with Crippen molar-refractivity contribution in [1.29, 1.82) is 0 Å². The number of alkyl halides is 2. The van der Waals surface area contributed by atoms with E-state index in [2.05, 4.69) is 30.9 Å². The van der Waals surface area contributed by atoms with Crippen molar-refractivity contribution in [2.45, 2.75) is 6.43 Å². The molecule has 1 N–H and O–H groups in total. The molecule has 144 valence electrons. The quantitative estimate of drug-likeness (QED) is 0.309. The van der Waals surface area contributed by atoms with E-state index in [9.17, 15) is 13.6 Å². The second-order valence-electron chi connectivity index (χ2n) is 6.27. The zero-order valence-electron chi connectivity index (χ0n) is 14.4. The predicted octanol–water partition coefficient (Wildman–Crippen LogP) is 6.63. The van der Waals surface area contributed by atoms with Crippen LogP contribution < -0.4 is 5.56 Å². The third kappa shape index (κ3) is 3.19. The van der Waals surface area contributed by atoms with Crippen molar-refractivity contribution >= 4 is 59.0 Å². The molecule has 1 aromatic carbocycles. The molecule has 0 spiro atoms. The van der Waals surface area contributed by atoms with Gasteiger partial charge in [0.05, 0.1) is 10.4 Å². The molecule has 5 aromatic rings. The van der Waals surface area contributed by atoms with Crippen molar-refractivity contribution in [1.82, 2.24) is 15.0 Å². The van der Waals surface area contributed by atoms with E-state index in [1.807, 2.05) is 41.8 Å². The Morgan fingerprint density at radius 1 is 1.10 bits per heavy atom. The molecule has 4 heterocycles. The highest BCUT2D eigenvalue weighted by atomic mass is 79.9. The van der Waals surface area contributed by atoms with Gasteiger partial charge in [-0.05, 0) is 39.2 Å². The summed E-state index contributed by atoms with van der Waals surface area (Å²) in [5.74, 6) is 0.440. The molecule has 0 aliphatic rings. The van der Waals surface area contributed by atoms with Gasteiger partial charge in [0.25, 0.3) is 12.0 Å². The zero-order chi connectivity index (χ0) is 20.1. The Balaban J connectivity index is 1.89. The number of halogens is 3. The Morgan fingerprint density at radius 2 is 1.90 bits per heavy atom. The Labute approximate surface area is 179 Å². The minimum Gasteiger partial charge on any atom is -0.305 e. The lowest BCUT2D eigenvalue weighted by Gasteiger charge is -2.07. The Bertz CT molecular complexity index is 1430. The molecule has 0 amide bonds. The van der Waals surface area contributed by atoms with Gasteiger partial charge >= 0.3 is 0 Å². The van der Waals surface area contributed by atoms with Crippen molar-refractivity contribution < 1.29 is 8.78 Å². The van der Waals surface area contributed by atoms with E-state index < -0.39 is 6.43 Å². The lowest BCUT2D eigenvalue weighted by Crippen LogP contribution is -2.07. The number of pyridine rings is 1. The molecule has 4 aromatic heterocycles. The first-order valence-electron chi connectivity index (χ1n) is 8.46. The molecule has 29 heavy (non-hydrogen) atoms. The van der Waals surface area contributed by atoms with E-state index in [4.69, 9.17) is 0 Å². The number of fused-ring (bicyclic) bond motifs is 3. The minimum absolute atomic E-state index is 0.310. The van der Waals surface area contributed by atoms with E-state index in [0.29, 0.717) is 31.8 Å². The largest absolute Gasteiger partial charge is 0.305 e. The predicted molar refractivity (Wildman–Crippen MR) is 117 cm³/mol. The second-order valence-corrected chi connectivity index (χ2v) is 9.09. The summed E-state index contributed by atoms with van der Waals surface area (Å²) in [7, 11) is 0. The molecule has 0 radical (unpaired) electrons. The van der Waals surface area contributed by atoms with E-state index >= 15 is 0 Å². The number of benzene rings is 1. The van der Waals surface area contributed by atoms with Crippen LogP contribution >= 0.6 is 38.6 Å².